The summed E-state index contributed by atoms with van der Waals surface area (Å²) in [6, 6.07) is 0. The topological polar surface area (TPSA) is 95.7 Å². The van der Waals surface area contributed by atoms with Gasteiger partial charge in [0, 0.05) is 16.8 Å². The van der Waals surface area contributed by atoms with Crippen molar-refractivity contribution in [3.05, 3.63) is 22.3 Å². The summed E-state index contributed by atoms with van der Waals surface area (Å²) in [5, 5.41) is 0. The molecule has 0 saturated heterocycles. The lowest BCUT2D eigenvalue weighted by Gasteiger charge is -2.17. The molecule has 0 unspecified atom stereocenters. The van der Waals surface area contributed by atoms with Crippen molar-refractivity contribution in [3.8, 4) is 5.75 Å². The van der Waals surface area contributed by atoms with Crippen molar-refractivity contribution in [2.45, 2.75) is 20.8 Å². The number of hydrogen-bond donors (Lipinski definition) is 1. The Labute approximate surface area is 110 Å². The molecule has 1 aromatic carbocycles. The number of esters is 1. The smallest absolute Gasteiger partial charge is 0.465 e. The summed E-state index contributed by atoms with van der Waals surface area (Å²) in [5.41, 5.74) is 6.77. The maximum atomic E-state index is 12.7. The molecule has 8 heteroatoms. The SMILES string of the molecule is COC(=O)c1c(C)c(N)c(C)c(OS(=O)(=O)F)c1C. The summed E-state index contributed by atoms with van der Waals surface area (Å²) in [6.07, 6.45) is 0. The molecule has 1 rings (SSSR count). The minimum Gasteiger partial charge on any atom is -0.465 e. The molecule has 0 saturated carbocycles. The molecule has 0 amide bonds. The zero-order valence-electron chi connectivity index (χ0n) is 10.9. The van der Waals surface area contributed by atoms with Crippen LogP contribution in [0.3, 0.4) is 0 Å². The van der Waals surface area contributed by atoms with Crippen LogP contribution in [0, 0.1) is 20.8 Å². The van der Waals surface area contributed by atoms with Crippen molar-refractivity contribution >= 4 is 22.2 Å². The number of nitrogen functional groups attached to an aromatic ring is 1. The zero-order chi connectivity index (χ0) is 15.0. The molecule has 0 aliphatic rings. The number of anilines is 1. The fourth-order valence-corrected chi connectivity index (χ4v) is 2.30. The maximum absolute atomic E-state index is 12.7. The van der Waals surface area contributed by atoms with Crippen molar-refractivity contribution < 1.29 is 26.0 Å². The third-order valence-electron chi connectivity index (χ3n) is 2.81. The highest BCUT2D eigenvalue weighted by Crippen LogP contribution is 2.36. The van der Waals surface area contributed by atoms with E-state index >= 15 is 0 Å². The molecular weight excluding hydrogens is 277 g/mol. The zero-order valence-corrected chi connectivity index (χ0v) is 11.7. The van der Waals surface area contributed by atoms with Crippen LogP contribution in [0.2, 0.25) is 0 Å². The summed E-state index contributed by atoms with van der Waals surface area (Å²) in [5.74, 6) is -1.01. The van der Waals surface area contributed by atoms with Crippen LogP contribution in [-0.2, 0) is 15.2 Å². The monoisotopic (exact) mass is 291 g/mol. The van der Waals surface area contributed by atoms with E-state index in [0.717, 1.165) is 0 Å². The molecule has 0 fully saturated rings. The Balaban J connectivity index is 3.66. The number of hydrogen-bond acceptors (Lipinski definition) is 6. The molecule has 106 valence electrons. The first kappa shape index (κ1) is 15.2. The molecule has 0 heterocycles. The Kier molecular flexibility index (Phi) is 4.04. The Morgan fingerprint density at radius 3 is 2.11 bits per heavy atom. The van der Waals surface area contributed by atoms with Crippen LogP contribution in [0.5, 0.6) is 5.75 Å². The van der Waals surface area contributed by atoms with Gasteiger partial charge in [0.25, 0.3) is 0 Å². The van der Waals surface area contributed by atoms with Gasteiger partial charge in [-0.05, 0) is 26.3 Å². The largest absolute Gasteiger partial charge is 0.488 e. The molecule has 0 radical (unpaired) electrons. The average molecular weight is 291 g/mol. The number of carbonyl (C=O) groups excluding carboxylic acids is 1. The van der Waals surface area contributed by atoms with Crippen molar-refractivity contribution in [2.24, 2.45) is 0 Å². The van der Waals surface area contributed by atoms with E-state index in [2.05, 4.69) is 8.92 Å². The predicted octanol–water partition coefficient (Wildman–Crippen LogP) is 1.57. The van der Waals surface area contributed by atoms with Crippen molar-refractivity contribution in [1.29, 1.82) is 0 Å². The van der Waals surface area contributed by atoms with Crippen LogP contribution in [0.15, 0.2) is 0 Å². The minimum absolute atomic E-state index is 0.0595. The second kappa shape index (κ2) is 5.04. The van der Waals surface area contributed by atoms with E-state index < -0.39 is 16.5 Å². The van der Waals surface area contributed by atoms with Crippen LogP contribution in [0.1, 0.15) is 27.0 Å². The first-order chi connectivity index (χ1) is 8.60. The van der Waals surface area contributed by atoms with Gasteiger partial charge in [0.15, 0.2) is 5.75 Å². The van der Waals surface area contributed by atoms with Gasteiger partial charge in [-0.3, -0.25) is 0 Å². The van der Waals surface area contributed by atoms with Gasteiger partial charge < -0.3 is 14.7 Å². The van der Waals surface area contributed by atoms with Crippen molar-refractivity contribution in [2.75, 3.05) is 12.8 Å². The normalized spacial score (nSPS) is 11.2. The molecule has 6 nitrogen and oxygen atoms in total. The van der Waals surface area contributed by atoms with Gasteiger partial charge in [0.2, 0.25) is 0 Å². The third-order valence-corrected chi connectivity index (χ3v) is 3.18. The first-order valence-corrected chi connectivity index (χ1v) is 6.52. The van der Waals surface area contributed by atoms with Crippen LogP contribution < -0.4 is 9.92 Å². The summed E-state index contributed by atoms with van der Waals surface area (Å²) >= 11 is 0. The highest BCUT2D eigenvalue weighted by molar-refractivity contribution is 7.81. The Morgan fingerprint density at radius 2 is 1.68 bits per heavy atom. The van der Waals surface area contributed by atoms with Gasteiger partial charge in [-0.25, -0.2) is 4.79 Å². The third kappa shape index (κ3) is 2.95. The van der Waals surface area contributed by atoms with Gasteiger partial charge in [-0.2, -0.15) is 8.42 Å². The number of carbonyl (C=O) groups is 1. The van der Waals surface area contributed by atoms with Crippen LogP contribution in [-0.4, -0.2) is 21.5 Å². The molecule has 19 heavy (non-hydrogen) atoms. The number of rotatable bonds is 3. The molecule has 0 atom stereocenters. The lowest BCUT2D eigenvalue weighted by molar-refractivity contribution is 0.0598. The molecule has 1 aromatic rings. The summed E-state index contributed by atoms with van der Waals surface area (Å²) in [4.78, 5) is 11.7. The van der Waals surface area contributed by atoms with E-state index in [1.54, 1.807) is 6.92 Å². The van der Waals surface area contributed by atoms with Crippen LogP contribution in [0.4, 0.5) is 9.57 Å². The minimum atomic E-state index is -5.21. The second-order valence-electron chi connectivity index (χ2n) is 3.96. The first-order valence-electron chi connectivity index (χ1n) is 5.21. The van der Waals surface area contributed by atoms with E-state index in [0.29, 0.717) is 5.56 Å². The van der Waals surface area contributed by atoms with E-state index in [1.807, 2.05) is 0 Å². The highest BCUT2D eigenvalue weighted by Gasteiger charge is 2.24. The van der Waals surface area contributed by atoms with Gasteiger partial charge in [-0.1, -0.05) is 3.89 Å². The van der Waals surface area contributed by atoms with Gasteiger partial charge in [-0.15, -0.1) is 0 Å². The van der Waals surface area contributed by atoms with E-state index in [1.165, 1.54) is 21.0 Å². The maximum Gasteiger partial charge on any atom is 0.488 e. The molecule has 0 spiro atoms. The van der Waals surface area contributed by atoms with Crippen LogP contribution >= 0.6 is 0 Å². The number of nitrogens with two attached hydrogens (primary N) is 1. The summed E-state index contributed by atoms with van der Waals surface area (Å²) < 4.78 is 42.7. The Bertz CT molecular complexity index is 639. The molecule has 0 aromatic heterocycles. The second-order valence-corrected chi connectivity index (χ2v) is 4.91. The fraction of sp³-hybridized carbons (Fsp3) is 0.364. The summed E-state index contributed by atoms with van der Waals surface area (Å²) in [7, 11) is -4.04. The van der Waals surface area contributed by atoms with Crippen molar-refractivity contribution in [3.63, 3.8) is 0 Å². The Hall–Kier alpha value is -1.83. The van der Waals surface area contributed by atoms with E-state index in [4.69, 9.17) is 5.73 Å². The standard InChI is InChI=1S/C11H14FNO5S/c1-5-8(11(14)17-4)6(2)10(7(3)9(5)13)18-19(12,15)16/h13H2,1-4H3. The van der Waals surface area contributed by atoms with Gasteiger partial charge >= 0.3 is 16.5 Å². The number of methoxy groups -OCH3 is 1. The fourth-order valence-electron chi connectivity index (χ4n) is 1.85. The average Bonchev–Trinajstić information content (AvgIpc) is 2.31. The number of ether oxygens (including phenoxy) is 1. The molecule has 2 N–H and O–H groups in total. The summed E-state index contributed by atoms with van der Waals surface area (Å²) in [6.45, 7) is 4.47. The molecule has 0 aliphatic heterocycles. The molecule has 0 aliphatic carbocycles. The quantitative estimate of drug-likeness (QED) is 0.516. The van der Waals surface area contributed by atoms with Gasteiger partial charge in [0.1, 0.15) is 0 Å². The van der Waals surface area contributed by atoms with E-state index in [-0.39, 0.29) is 28.1 Å². The molecular formula is C11H14FNO5S. The highest BCUT2D eigenvalue weighted by atomic mass is 32.3. The van der Waals surface area contributed by atoms with Gasteiger partial charge in [0.05, 0.1) is 12.7 Å². The predicted molar refractivity (Wildman–Crippen MR) is 67.1 cm³/mol. The van der Waals surface area contributed by atoms with Crippen LogP contribution in [0.25, 0.3) is 0 Å². The van der Waals surface area contributed by atoms with E-state index in [9.17, 15) is 17.1 Å². The van der Waals surface area contributed by atoms with Crippen molar-refractivity contribution in [1.82, 2.24) is 0 Å². The lowest BCUT2D eigenvalue weighted by Crippen LogP contribution is -2.13. The number of halogens is 1. The molecule has 0 bridgehead atoms. The Morgan fingerprint density at radius 1 is 1.16 bits per heavy atom. The lowest BCUT2D eigenvalue weighted by atomic mass is 9.96. The number of benzene rings is 1.